The molecule has 1 fully saturated rings. The predicted octanol–water partition coefficient (Wildman–Crippen LogP) is 2.01. The number of hydrogen-bond acceptors (Lipinski definition) is 3. The summed E-state index contributed by atoms with van der Waals surface area (Å²) >= 11 is 0. The van der Waals surface area contributed by atoms with E-state index < -0.39 is 0 Å². The van der Waals surface area contributed by atoms with Gasteiger partial charge in [0.25, 0.3) is 5.91 Å². The van der Waals surface area contributed by atoms with Gasteiger partial charge in [0.05, 0.1) is 11.7 Å². The minimum absolute atomic E-state index is 0.0321. The van der Waals surface area contributed by atoms with Crippen LogP contribution in [-0.2, 0) is 0 Å². The second-order valence-electron chi connectivity index (χ2n) is 5.67. The lowest BCUT2D eigenvalue weighted by Crippen LogP contribution is -2.61. The Morgan fingerprint density at radius 2 is 2.11 bits per heavy atom. The zero-order valence-electron chi connectivity index (χ0n) is 11.7. The number of hydrogen-bond donors (Lipinski definition) is 3. The van der Waals surface area contributed by atoms with Gasteiger partial charge in [0.2, 0.25) is 0 Å². The van der Waals surface area contributed by atoms with Crippen molar-refractivity contribution in [3.63, 3.8) is 0 Å². The first kappa shape index (κ1) is 13.9. The van der Waals surface area contributed by atoms with Gasteiger partial charge >= 0.3 is 0 Å². The third-order valence-electron chi connectivity index (χ3n) is 4.06. The van der Waals surface area contributed by atoms with Gasteiger partial charge in [0.1, 0.15) is 0 Å². The van der Waals surface area contributed by atoms with E-state index in [0.29, 0.717) is 12.0 Å². The van der Waals surface area contributed by atoms with E-state index in [2.05, 4.69) is 10.6 Å². The van der Waals surface area contributed by atoms with Crippen LogP contribution in [0.2, 0.25) is 0 Å². The van der Waals surface area contributed by atoms with Crippen molar-refractivity contribution in [2.75, 3.05) is 11.9 Å². The maximum absolute atomic E-state index is 12.3. The highest BCUT2D eigenvalue weighted by Gasteiger charge is 2.48. The van der Waals surface area contributed by atoms with E-state index >= 15 is 0 Å². The summed E-state index contributed by atoms with van der Waals surface area (Å²) in [6, 6.07) is 7.52. The number of carbonyl (C=O) groups excluding carboxylic acids is 1. The van der Waals surface area contributed by atoms with Crippen molar-refractivity contribution in [3.05, 3.63) is 29.8 Å². The summed E-state index contributed by atoms with van der Waals surface area (Å²) in [6.07, 6.45) is 0.295. The number of nitrogens with one attached hydrogen (secondary N) is 2. The highest BCUT2D eigenvalue weighted by Crippen LogP contribution is 2.40. The van der Waals surface area contributed by atoms with Gasteiger partial charge in [-0.2, -0.15) is 0 Å². The first-order chi connectivity index (χ1) is 8.96. The van der Waals surface area contributed by atoms with Gasteiger partial charge in [-0.25, -0.2) is 0 Å². The van der Waals surface area contributed by atoms with Gasteiger partial charge < -0.3 is 15.7 Å². The lowest BCUT2D eigenvalue weighted by molar-refractivity contribution is -0.0689. The molecule has 0 aromatic heterocycles. The molecule has 0 heterocycles. The maximum atomic E-state index is 12.3. The van der Waals surface area contributed by atoms with Gasteiger partial charge in [-0.05, 0) is 25.5 Å². The second-order valence-corrected chi connectivity index (χ2v) is 5.67. The maximum Gasteiger partial charge on any atom is 0.253 e. The monoisotopic (exact) mass is 262 g/mol. The molecular weight excluding hydrogens is 240 g/mol. The predicted molar refractivity (Wildman–Crippen MR) is 76.3 cm³/mol. The van der Waals surface area contributed by atoms with Gasteiger partial charge in [-0.3, -0.25) is 4.79 Å². The number of anilines is 1. The van der Waals surface area contributed by atoms with E-state index in [4.69, 9.17) is 0 Å². The smallest absolute Gasteiger partial charge is 0.253 e. The fraction of sp³-hybridized carbons (Fsp3) is 0.533. The summed E-state index contributed by atoms with van der Waals surface area (Å²) in [5.74, 6) is -0.0819. The number of carbonyl (C=O) groups is 1. The van der Waals surface area contributed by atoms with Crippen LogP contribution in [0.1, 0.15) is 37.6 Å². The molecule has 1 amide bonds. The number of rotatable bonds is 4. The van der Waals surface area contributed by atoms with E-state index in [1.54, 1.807) is 0 Å². The molecule has 1 aliphatic rings. The molecular formula is C15H22N2O2. The summed E-state index contributed by atoms with van der Waals surface area (Å²) in [6.45, 7) is 6.72. The fourth-order valence-corrected chi connectivity index (χ4v) is 2.41. The first-order valence-electron chi connectivity index (χ1n) is 6.78. The number of aliphatic hydroxyl groups is 1. The molecule has 4 heteroatoms. The molecule has 0 bridgehead atoms. The average molecular weight is 262 g/mol. The highest BCUT2D eigenvalue weighted by molar-refractivity contribution is 5.99. The Balaban J connectivity index is 2.09. The molecule has 1 saturated carbocycles. The van der Waals surface area contributed by atoms with Crippen molar-refractivity contribution in [2.24, 2.45) is 5.41 Å². The van der Waals surface area contributed by atoms with E-state index in [1.165, 1.54) is 0 Å². The highest BCUT2D eigenvalue weighted by atomic mass is 16.3. The number of aliphatic hydroxyl groups excluding tert-OH is 1. The van der Waals surface area contributed by atoms with Crippen LogP contribution in [0, 0.1) is 5.41 Å². The lowest BCUT2D eigenvalue weighted by Gasteiger charge is -2.49. The Labute approximate surface area is 114 Å². The summed E-state index contributed by atoms with van der Waals surface area (Å²) < 4.78 is 0. The van der Waals surface area contributed by atoms with Crippen molar-refractivity contribution in [1.82, 2.24) is 5.32 Å². The van der Waals surface area contributed by atoms with Gasteiger partial charge in [0, 0.05) is 23.7 Å². The molecule has 2 rings (SSSR count). The van der Waals surface area contributed by atoms with Crippen LogP contribution in [0.3, 0.4) is 0 Å². The van der Waals surface area contributed by atoms with E-state index in [1.807, 2.05) is 45.0 Å². The van der Waals surface area contributed by atoms with Crippen LogP contribution < -0.4 is 10.6 Å². The van der Waals surface area contributed by atoms with Crippen LogP contribution in [-0.4, -0.2) is 29.7 Å². The molecule has 0 aliphatic heterocycles. The van der Waals surface area contributed by atoms with Crippen molar-refractivity contribution in [1.29, 1.82) is 0 Å². The van der Waals surface area contributed by atoms with Crippen molar-refractivity contribution < 1.29 is 9.90 Å². The number of benzene rings is 1. The quantitative estimate of drug-likeness (QED) is 0.778. The fourth-order valence-electron chi connectivity index (χ4n) is 2.41. The summed E-state index contributed by atoms with van der Waals surface area (Å²) in [5.41, 5.74) is 1.25. The molecule has 19 heavy (non-hydrogen) atoms. The first-order valence-corrected chi connectivity index (χ1v) is 6.78. The van der Waals surface area contributed by atoms with Crippen LogP contribution >= 0.6 is 0 Å². The molecule has 1 aliphatic carbocycles. The SMILES string of the molecule is CCNc1ccccc1C(=O)NC1CC(O)C1(C)C. The van der Waals surface area contributed by atoms with E-state index in [9.17, 15) is 9.90 Å². The van der Waals surface area contributed by atoms with E-state index in [-0.39, 0.29) is 23.5 Å². The van der Waals surface area contributed by atoms with E-state index in [0.717, 1.165) is 12.2 Å². The third-order valence-corrected chi connectivity index (χ3v) is 4.06. The minimum Gasteiger partial charge on any atom is -0.392 e. The summed E-state index contributed by atoms with van der Waals surface area (Å²) in [7, 11) is 0. The van der Waals surface area contributed by atoms with Crippen LogP contribution in [0.4, 0.5) is 5.69 Å². The molecule has 1 aromatic rings. The normalized spacial score (nSPS) is 24.4. The molecule has 0 radical (unpaired) electrons. The topological polar surface area (TPSA) is 61.4 Å². The Morgan fingerprint density at radius 1 is 1.42 bits per heavy atom. The number of para-hydroxylation sites is 1. The van der Waals surface area contributed by atoms with Crippen LogP contribution in [0.25, 0.3) is 0 Å². The molecule has 2 unspecified atom stereocenters. The van der Waals surface area contributed by atoms with Gasteiger partial charge in [0.15, 0.2) is 0 Å². The zero-order chi connectivity index (χ0) is 14.0. The molecule has 3 N–H and O–H groups in total. The van der Waals surface area contributed by atoms with Gasteiger partial charge in [-0.1, -0.05) is 26.0 Å². The third kappa shape index (κ3) is 2.59. The Kier molecular flexibility index (Phi) is 3.80. The lowest BCUT2D eigenvalue weighted by atomic mass is 9.64. The molecule has 4 nitrogen and oxygen atoms in total. The molecule has 0 saturated heterocycles. The Morgan fingerprint density at radius 3 is 2.68 bits per heavy atom. The minimum atomic E-state index is -0.332. The average Bonchev–Trinajstić information content (AvgIpc) is 2.39. The van der Waals surface area contributed by atoms with Crippen LogP contribution in [0.15, 0.2) is 24.3 Å². The zero-order valence-corrected chi connectivity index (χ0v) is 11.7. The second kappa shape index (κ2) is 5.21. The molecule has 0 spiro atoms. The summed E-state index contributed by atoms with van der Waals surface area (Å²) in [4.78, 5) is 12.3. The molecule has 104 valence electrons. The van der Waals surface area contributed by atoms with Crippen molar-refractivity contribution in [2.45, 2.75) is 39.3 Å². The van der Waals surface area contributed by atoms with Gasteiger partial charge in [-0.15, -0.1) is 0 Å². The summed E-state index contributed by atoms with van der Waals surface area (Å²) in [5, 5.41) is 15.9. The largest absolute Gasteiger partial charge is 0.392 e. The molecule has 1 aromatic carbocycles. The Hall–Kier alpha value is -1.55. The standard InChI is InChI=1S/C15H22N2O2/c1-4-16-11-8-6-5-7-10(11)14(19)17-12-9-13(18)15(12,2)3/h5-8,12-13,16,18H,4,9H2,1-3H3,(H,17,19). The van der Waals surface area contributed by atoms with Crippen LogP contribution in [0.5, 0.6) is 0 Å². The number of amides is 1. The van der Waals surface area contributed by atoms with Crippen molar-refractivity contribution in [3.8, 4) is 0 Å². The Bertz CT molecular complexity index is 471. The van der Waals surface area contributed by atoms with Crippen molar-refractivity contribution >= 4 is 11.6 Å². The molecule has 2 atom stereocenters.